The molecule has 14 heavy (non-hydrogen) atoms. The van der Waals surface area contributed by atoms with Gasteiger partial charge < -0.3 is 4.90 Å². The molecule has 0 N–H and O–H groups in total. The van der Waals surface area contributed by atoms with Crippen molar-refractivity contribution in [3.8, 4) is 0 Å². The molecule has 1 rings (SSSR count). The Hall–Kier alpha value is 0.200. The topological polar surface area (TPSA) is 37.4 Å². The molecule has 0 aromatic carbocycles. The lowest BCUT2D eigenvalue weighted by Gasteiger charge is -2.28. The first-order valence-electron chi connectivity index (χ1n) is 5.10. The summed E-state index contributed by atoms with van der Waals surface area (Å²) in [5.74, 6) is 0.537. The van der Waals surface area contributed by atoms with E-state index in [1.165, 1.54) is 0 Å². The predicted molar refractivity (Wildman–Crippen MR) is 59.6 cm³/mol. The highest BCUT2D eigenvalue weighted by atomic mass is 35.5. The highest BCUT2D eigenvalue weighted by Gasteiger charge is 2.18. The van der Waals surface area contributed by atoms with Crippen molar-refractivity contribution in [3.05, 3.63) is 0 Å². The molecule has 0 atom stereocenters. The minimum absolute atomic E-state index is 0.249. The molecule has 0 aromatic rings. The number of rotatable bonds is 4. The third kappa shape index (κ3) is 4.15. The number of hydrogen-bond acceptors (Lipinski definition) is 3. The van der Waals surface area contributed by atoms with Crippen LogP contribution in [0.2, 0.25) is 0 Å². The van der Waals surface area contributed by atoms with Gasteiger partial charge in [0.15, 0.2) is 9.84 Å². The van der Waals surface area contributed by atoms with Gasteiger partial charge in [0.25, 0.3) is 0 Å². The minimum atomic E-state index is -2.81. The molecule has 0 unspecified atom stereocenters. The van der Waals surface area contributed by atoms with E-state index in [0.717, 1.165) is 25.9 Å². The minimum Gasteiger partial charge on any atom is -0.302 e. The fourth-order valence-corrected chi connectivity index (χ4v) is 2.56. The smallest absolute Gasteiger partial charge is 0.151 e. The van der Waals surface area contributed by atoms with Crippen LogP contribution in [0.15, 0.2) is 0 Å². The molecule has 5 heteroatoms. The Morgan fingerprint density at radius 2 is 1.93 bits per heavy atom. The summed E-state index contributed by atoms with van der Waals surface area (Å²) in [6.45, 7) is 4.24. The van der Waals surface area contributed by atoms with Gasteiger partial charge in [0.2, 0.25) is 0 Å². The van der Waals surface area contributed by atoms with E-state index in [1.54, 1.807) is 6.92 Å². The van der Waals surface area contributed by atoms with Crippen LogP contribution < -0.4 is 0 Å². The van der Waals surface area contributed by atoms with Gasteiger partial charge in [-0.25, -0.2) is 8.42 Å². The van der Waals surface area contributed by atoms with Gasteiger partial charge in [-0.2, -0.15) is 0 Å². The van der Waals surface area contributed by atoms with Crippen molar-refractivity contribution in [2.24, 2.45) is 0 Å². The van der Waals surface area contributed by atoms with Gasteiger partial charge in [-0.1, -0.05) is 6.92 Å². The van der Waals surface area contributed by atoms with Crippen molar-refractivity contribution in [1.82, 2.24) is 4.90 Å². The summed E-state index contributed by atoms with van der Waals surface area (Å²) in [6, 6.07) is 0. The van der Waals surface area contributed by atoms with Gasteiger partial charge in [-0.05, 0) is 25.9 Å². The van der Waals surface area contributed by atoms with Crippen molar-refractivity contribution in [3.63, 3.8) is 0 Å². The van der Waals surface area contributed by atoms with Crippen molar-refractivity contribution in [2.75, 3.05) is 31.1 Å². The zero-order chi connectivity index (χ0) is 10.6. The standard InChI is InChI=1S/C9H18ClNO2S/c1-2-14(12,13)8-7-11-5-3-9(10)4-6-11/h9H,2-8H2,1H3. The molecule has 0 aliphatic carbocycles. The van der Waals surface area contributed by atoms with Crippen molar-refractivity contribution in [2.45, 2.75) is 25.1 Å². The van der Waals surface area contributed by atoms with Crippen molar-refractivity contribution < 1.29 is 8.42 Å². The lowest BCUT2D eigenvalue weighted by molar-refractivity contribution is 0.243. The first kappa shape index (κ1) is 12.3. The molecule has 0 radical (unpaired) electrons. The maximum Gasteiger partial charge on any atom is 0.151 e. The second-order valence-corrected chi connectivity index (χ2v) is 6.84. The Bertz CT molecular complexity index is 258. The fraction of sp³-hybridized carbons (Fsp3) is 1.00. The maximum absolute atomic E-state index is 11.3. The number of halogens is 1. The van der Waals surface area contributed by atoms with Crippen molar-refractivity contribution in [1.29, 1.82) is 0 Å². The molecule has 0 aromatic heterocycles. The van der Waals surface area contributed by atoms with Crippen molar-refractivity contribution >= 4 is 21.4 Å². The first-order chi connectivity index (χ1) is 6.53. The summed E-state index contributed by atoms with van der Waals surface area (Å²) in [5.41, 5.74) is 0. The van der Waals surface area contributed by atoms with E-state index in [2.05, 4.69) is 4.90 Å². The fourth-order valence-electron chi connectivity index (χ4n) is 1.54. The summed E-state index contributed by atoms with van der Waals surface area (Å²) < 4.78 is 22.5. The third-order valence-corrected chi connectivity index (χ3v) is 4.80. The van der Waals surface area contributed by atoms with Gasteiger partial charge >= 0.3 is 0 Å². The van der Waals surface area contributed by atoms with Gasteiger partial charge in [0, 0.05) is 17.7 Å². The average Bonchev–Trinajstić information content (AvgIpc) is 2.17. The van der Waals surface area contributed by atoms with Crippen LogP contribution in [0.5, 0.6) is 0 Å². The normalized spacial score (nSPS) is 21.3. The molecular weight excluding hydrogens is 222 g/mol. The van der Waals surface area contributed by atoms with Gasteiger partial charge in [-0.3, -0.25) is 0 Å². The Labute approximate surface area is 91.3 Å². The van der Waals surface area contributed by atoms with E-state index in [-0.39, 0.29) is 16.9 Å². The monoisotopic (exact) mass is 239 g/mol. The summed E-state index contributed by atoms with van der Waals surface area (Å²) in [7, 11) is -2.81. The Kier molecular flexibility index (Phi) is 4.67. The van der Waals surface area contributed by atoms with E-state index >= 15 is 0 Å². The average molecular weight is 240 g/mol. The Morgan fingerprint density at radius 3 is 2.43 bits per heavy atom. The molecule has 1 saturated heterocycles. The SMILES string of the molecule is CCS(=O)(=O)CCN1CCC(Cl)CC1. The summed E-state index contributed by atoms with van der Waals surface area (Å²) in [6.07, 6.45) is 1.96. The van der Waals surface area contributed by atoms with Crippen LogP contribution in [-0.2, 0) is 9.84 Å². The lowest BCUT2D eigenvalue weighted by atomic mass is 10.1. The second kappa shape index (κ2) is 5.33. The number of nitrogens with zero attached hydrogens (tertiary/aromatic N) is 1. The molecular formula is C9H18ClNO2S. The van der Waals surface area contributed by atoms with Crippen LogP contribution in [0, 0.1) is 0 Å². The quantitative estimate of drug-likeness (QED) is 0.691. The molecule has 1 aliphatic rings. The van der Waals surface area contributed by atoms with E-state index in [9.17, 15) is 8.42 Å². The summed E-state index contributed by atoms with van der Waals surface area (Å²) >= 11 is 5.95. The maximum atomic E-state index is 11.3. The highest BCUT2D eigenvalue weighted by Crippen LogP contribution is 2.15. The molecule has 1 heterocycles. The number of likely N-dealkylation sites (tertiary alicyclic amines) is 1. The zero-order valence-electron chi connectivity index (χ0n) is 8.58. The number of piperidine rings is 1. The van der Waals surface area contributed by atoms with E-state index in [0.29, 0.717) is 6.54 Å². The molecule has 84 valence electrons. The number of alkyl halides is 1. The van der Waals surface area contributed by atoms with Crippen LogP contribution in [0.1, 0.15) is 19.8 Å². The Balaban J connectivity index is 2.26. The molecule has 0 spiro atoms. The predicted octanol–water partition coefficient (Wildman–Crippen LogP) is 1.12. The van der Waals surface area contributed by atoms with E-state index < -0.39 is 9.84 Å². The zero-order valence-corrected chi connectivity index (χ0v) is 10.1. The molecule has 0 amide bonds. The van der Waals surface area contributed by atoms with Gasteiger partial charge in [0.1, 0.15) is 0 Å². The molecule has 3 nitrogen and oxygen atoms in total. The third-order valence-electron chi connectivity index (χ3n) is 2.68. The van der Waals surface area contributed by atoms with Gasteiger partial charge in [-0.15, -0.1) is 11.6 Å². The summed E-state index contributed by atoms with van der Waals surface area (Å²) in [4.78, 5) is 2.19. The molecule has 1 fully saturated rings. The highest BCUT2D eigenvalue weighted by molar-refractivity contribution is 7.91. The van der Waals surface area contributed by atoms with E-state index in [1.807, 2.05) is 0 Å². The molecule has 0 bridgehead atoms. The first-order valence-corrected chi connectivity index (χ1v) is 7.36. The number of hydrogen-bond donors (Lipinski definition) is 0. The second-order valence-electron chi connectivity index (χ2n) is 3.75. The molecule has 0 saturated carbocycles. The molecule has 1 aliphatic heterocycles. The summed E-state index contributed by atoms with van der Waals surface area (Å²) in [5, 5.41) is 0.286. The van der Waals surface area contributed by atoms with Gasteiger partial charge in [0.05, 0.1) is 5.75 Å². The van der Waals surface area contributed by atoms with Crippen LogP contribution in [0.3, 0.4) is 0 Å². The van der Waals surface area contributed by atoms with Crippen LogP contribution in [-0.4, -0.2) is 49.8 Å². The lowest BCUT2D eigenvalue weighted by Crippen LogP contribution is -2.37. The number of sulfone groups is 1. The Morgan fingerprint density at radius 1 is 1.36 bits per heavy atom. The van der Waals surface area contributed by atoms with Crippen LogP contribution in [0.25, 0.3) is 0 Å². The van der Waals surface area contributed by atoms with Crippen LogP contribution in [0.4, 0.5) is 0 Å². The van der Waals surface area contributed by atoms with E-state index in [4.69, 9.17) is 11.6 Å². The van der Waals surface area contributed by atoms with Crippen LogP contribution >= 0.6 is 11.6 Å². The largest absolute Gasteiger partial charge is 0.302 e.